The highest BCUT2D eigenvalue weighted by Crippen LogP contribution is 2.28. The minimum atomic E-state index is 0.498. The molecule has 0 aliphatic rings. The predicted molar refractivity (Wildman–Crippen MR) is 44.6 cm³/mol. The van der Waals surface area contributed by atoms with E-state index in [9.17, 15) is 0 Å². The molecule has 1 nitrogen and oxygen atoms in total. The first-order valence-corrected chi connectivity index (χ1v) is 3.96. The first-order valence-electron chi connectivity index (χ1n) is 2.37. The van der Waals surface area contributed by atoms with Crippen molar-refractivity contribution in [3.8, 4) is 0 Å². The third-order valence-corrected chi connectivity index (χ3v) is 2.28. The van der Waals surface area contributed by atoms with Crippen molar-refractivity contribution in [1.82, 2.24) is 5.73 Å². The highest BCUT2D eigenvalue weighted by molar-refractivity contribution is 9.11. The fourth-order valence-electron chi connectivity index (χ4n) is 0.498. The number of hydrogen-bond acceptors (Lipinski definition) is 0. The van der Waals surface area contributed by atoms with Crippen LogP contribution >= 0.6 is 31.9 Å². The summed E-state index contributed by atoms with van der Waals surface area (Å²) in [5, 5.41) is 0. The molecule has 0 amide bonds. The minimum Gasteiger partial charge on any atom is -0.299 e. The molecule has 3 heteroatoms. The Labute approximate surface area is 70.5 Å². The van der Waals surface area contributed by atoms with Crippen LogP contribution in [0, 0.1) is 0 Å². The lowest BCUT2D eigenvalue weighted by molar-refractivity contribution is 1.43. The molecule has 0 saturated heterocycles. The van der Waals surface area contributed by atoms with Crippen molar-refractivity contribution in [2.45, 2.75) is 0 Å². The van der Waals surface area contributed by atoms with Gasteiger partial charge in [0.2, 0.25) is 0 Å². The molecule has 9 heavy (non-hydrogen) atoms. The molecule has 1 aromatic rings. The average molecular weight is 250 g/mol. The van der Waals surface area contributed by atoms with Crippen molar-refractivity contribution in [2.24, 2.45) is 0 Å². The lowest BCUT2D eigenvalue weighted by atomic mass is 10.3. The fourth-order valence-corrected chi connectivity index (χ4v) is 1.50. The Morgan fingerprint density at radius 3 is 1.89 bits per heavy atom. The molecule has 0 spiro atoms. The third-order valence-electron chi connectivity index (χ3n) is 0.963. The maximum Gasteiger partial charge on any atom is 0.0823 e. The Balaban J connectivity index is 3.25. The first kappa shape index (κ1) is 7.09. The topological polar surface area (TPSA) is 23.8 Å². The van der Waals surface area contributed by atoms with Gasteiger partial charge >= 0.3 is 0 Å². The van der Waals surface area contributed by atoms with Gasteiger partial charge in [-0.2, -0.15) is 0 Å². The summed E-state index contributed by atoms with van der Waals surface area (Å²) in [4.78, 5) is 0. The summed E-state index contributed by atoms with van der Waals surface area (Å²) < 4.78 is 1.63. The molecule has 0 aromatic heterocycles. The third kappa shape index (κ3) is 1.46. The van der Waals surface area contributed by atoms with Gasteiger partial charge in [0.1, 0.15) is 0 Å². The van der Waals surface area contributed by atoms with E-state index in [1.165, 1.54) is 0 Å². The second-order valence-corrected chi connectivity index (χ2v) is 3.31. The summed E-state index contributed by atoms with van der Waals surface area (Å²) in [6.07, 6.45) is 0. The van der Waals surface area contributed by atoms with Crippen molar-refractivity contribution in [3.63, 3.8) is 0 Å². The molecule has 0 fully saturated rings. The van der Waals surface area contributed by atoms with Crippen LogP contribution < -0.4 is 5.73 Å². The number of hydrogen-bond donors (Lipinski definition) is 0. The number of nitrogens with one attached hydrogen (secondary N) is 1. The Morgan fingerprint density at radius 1 is 1.11 bits per heavy atom. The summed E-state index contributed by atoms with van der Waals surface area (Å²) in [5.74, 6) is 0. The Morgan fingerprint density at radius 2 is 1.56 bits per heavy atom. The zero-order valence-electron chi connectivity index (χ0n) is 4.49. The van der Waals surface area contributed by atoms with Gasteiger partial charge in [-0.3, -0.25) is 5.73 Å². The van der Waals surface area contributed by atoms with Crippen molar-refractivity contribution < 1.29 is 0 Å². The van der Waals surface area contributed by atoms with Gasteiger partial charge in [-0.1, -0.05) is 6.07 Å². The predicted octanol–water partition coefficient (Wildman–Crippen LogP) is 3.13. The van der Waals surface area contributed by atoms with Crippen LogP contribution in [0.25, 0.3) is 0 Å². The molecule has 0 saturated carbocycles. The van der Waals surface area contributed by atoms with E-state index in [1.807, 2.05) is 18.2 Å². The van der Waals surface area contributed by atoms with Crippen LogP contribution in [-0.2, 0) is 0 Å². The van der Waals surface area contributed by atoms with Crippen LogP contribution in [0.1, 0.15) is 0 Å². The molecular weight excluding hydrogens is 246 g/mol. The molecule has 0 aliphatic carbocycles. The highest BCUT2D eigenvalue weighted by atomic mass is 79.9. The Kier molecular flexibility index (Phi) is 2.13. The van der Waals surface area contributed by atoms with Crippen LogP contribution in [0.3, 0.4) is 0 Å². The summed E-state index contributed by atoms with van der Waals surface area (Å²) in [5.41, 5.74) is 7.85. The maximum atomic E-state index is 7.35. The second-order valence-electron chi connectivity index (χ2n) is 1.60. The van der Waals surface area contributed by atoms with E-state index in [-0.39, 0.29) is 0 Å². The Hall–Kier alpha value is -0.0200. The molecule has 1 radical (unpaired) electrons. The van der Waals surface area contributed by atoms with E-state index in [4.69, 9.17) is 5.73 Å². The summed E-state index contributed by atoms with van der Waals surface area (Å²) >= 11 is 6.46. The van der Waals surface area contributed by atoms with Crippen LogP contribution in [0.4, 0.5) is 5.69 Å². The second kappa shape index (κ2) is 2.71. The van der Waals surface area contributed by atoms with E-state index in [0.29, 0.717) is 5.69 Å². The zero-order chi connectivity index (χ0) is 6.85. The van der Waals surface area contributed by atoms with Crippen LogP contribution in [0.5, 0.6) is 0 Å². The molecule has 0 atom stereocenters. The molecule has 47 valence electrons. The molecule has 1 N–H and O–H groups in total. The minimum absolute atomic E-state index is 0.498. The van der Waals surface area contributed by atoms with Crippen LogP contribution in [0.15, 0.2) is 27.1 Å². The van der Waals surface area contributed by atoms with Gasteiger partial charge in [-0.05, 0) is 44.0 Å². The number of benzene rings is 1. The molecule has 0 heterocycles. The molecular formula is C6H4Br2N. The first-order chi connectivity index (χ1) is 4.22. The van der Waals surface area contributed by atoms with Crippen LogP contribution in [-0.4, -0.2) is 0 Å². The van der Waals surface area contributed by atoms with Crippen molar-refractivity contribution in [3.05, 3.63) is 27.1 Å². The van der Waals surface area contributed by atoms with Gasteiger partial charge in [0.05, 0.1) is 5.69 Å². The van der Waals surface area contributed by atoms with E-state index in [0.717, 1.165) is 8.95 Å². The number of rotatable bonds is 0. The van der Waals surface area contributed by atoms with Gasteiger partial charge < -0.3 is 0 Å². The van der Waals surface area contributed by atoms with E-state index in [1.54, 1.807) is 0 Å². The van der Waals surface area contributed by atoms with Crippen molar-refractivity contribution in [2.75, 3.05) is 0 Å². The summed E-state index contributed by atoms with van der Waals surface area (Å²) in [6.45, 7) is 0. The van der Waals surface area contributed by atoms with E-state index < -0.39 is 0 Å². The van der Waals surface area contributed by atoms with Gasteiger partial charge in [0.15, 0.2) is 0 Å². The van der Waals surface area contributed by atoms with Gasteiger partial charge in [0, 0.05) is 8.95 Å². The number of halogens is 2. The van der Waals surface area contributed by atoms with E-state index in [2.05, 4.69) is 31.9 Å². The highest BCUT2D eigenvalue weighted by Gasteiger charge is 1.97. The summed E-state index contributed by atoms with van der Waals surface area (Å²) in [7, 11) is 0. The van der Waals surface area contributed by atoms with Crippen LogP contribution in [0.2, 0.25) is 0 Å². The average Bonchev–Trinajstić information content (AvgIpc) is 1.83. The van der Waals surface area contributed by atoms with Gasteiger partial charge in [-0.15, -0.1) is 0 Å². The standard InChI is InChI=1S/C6H4Br2N/c7-4-2-1-3-5(8)6(4)9/h1-3,9H. The molecule has 0 aliphatic heterocycles. The summed E-state index contributed by atoms with van der Waals surface area (Å²) in [6, 6.07) is 5.56. The molecule has 0 unspecified atom stereocenters. The van der Waals surface area contributed by atoms with Gasteiger partial charge in [-0.25, -0.2) is 0 Å². The van der Waals surface area contributed by atoms with Crippen molar-refractivity contribution in [1.29, 1.82) is 0 Å². The zero-order valence-corrected chi connectivity index (χ0v) is 7.66. The monoisotopic (exact) mass is 248 g/mol. The Bertz CT molecular complexity index is 202. The largest absolute Gasteiger partial charge is 0.299 e. The van der Waals surface area contributed by atoms with Gasteiger partial charge in [0.25, 0.3) is 0 Å². The molecule has 0 bridgehead atoms. The fraction of sp³-hybridized carbons (Fsp3) is 0. The maximum absolute atomic E-state index is 7.35. The van der Waals surface area contributed by atoms with E-state index >= 15 is 0 Å². The quantitative estimate of drug-likeness (QED) is 0.675. The molecule has 1 rings (SSSR count). The smallest absolute Gasteiger partial charge is 0.0823 e. The molecule has 1 aromatic carbocycles. The lowest BCUT2D eigenvalue weighted by Crippen LogP contribution is -1.72. The normalized spacial score (nSPS) is 9.56. The lowest BCUT2D eigenvalue weighted by Gasteiger charge is -1.96. The van der Waals surface area contributed by atoms with Crippen molar-refractivity contribution >= 4 is 37.5 Å². The SMILES string of the molecule is [NH]c1c(Br)cccc1Br.